The summed E-state index contributed by atoms with van der Waals surface area (Å²) in [6.07, 6.45) is 2.50. The minimum Gasteiger partial charge on any atom is -0.361 e. The van der Waals surface area contributed by atoms with Crippen LogP contribution in [0.2, 0.25) is 0 Å². The predicted molar refractivity (Wildman–Crippen MR) is 99.4 cm³/mol. The smallest absolute Gasteiger partial charge is 0.233 e. The van der Waals surface area contributed by atoms with E-state index < -0.39 is 0 Å². The van der Waals surface area contributed by atoms with Crippen molar-refractivity contribution < 1.29 is 9.59 Å². The fraction of sp³-hybridized carbons (Fsp3) is 0.200. The van der Waals surface area contributed by atoms with E-state index in [0.717, 1.165) is 34.1 Å². The highest BCUT2D eigenvalue weighted by atomic mass is 16.2. The van der Waals surface area contributed by atoms with Crippen LogP contribution in [-0.2, 0) is 16.0 Å². The molecule has 0 bridgehead atoms. The topological polar surface area (TPSA) is 74.0 Å². The van der Waals surface area contributed by atoms with Gasteiger partial charge in [0.1, 0.15) is 6.42 Å². The summed E-state index contributed by atoms with van der Waals surface area (Å²) in [5.74, 6) is -0.579. The van der Waals surface area contributed by atoms with Gasteiger partial charge in [-0.15, -0.1) is 0 Å². The maximum atomic E-state index is 12.0. The quantitative estimate of drug-likeness (QED) is 0.605. The van der Waals surface area contributed by atoms with Crippen LogP contribution in [0.1, 0.15) is 17.5 Å². The molecule has 1 heterocycles. The van der Waals surface area contributed by atoms with E-state index in [9.17, 15) is 9.59 Å². The first-order chi connectivity index (χ1) is 12.1. The number of hydrogen-bond donors (Lipinski definition) is 3. The molecule has 0 saturated carbocycles. The fourth-order valence-electron chi connectivity index (χ4n) is 2.79. The molecule has 1 aromatic heterocycles. The van der Waals surface area contributed by atoms with E-state index in [4.69, 9.17) is 0 Å². The SMILES string of the molecule is Cc1ccccc1NC(=O)CC(=O)NCCc1c[nH]c2ccccc12. The standard InChI is InChI=1S/C20H21N3O2/c1-14-6-2-4-8-17(14)23-20(25)12-19(24)21-11-10-15-13-22-18-9-5-3-7-16(15)18/h2-9,13,22H,10-12H2,1H3,(H,21,24)(H,23,25). The summed E-state index contributed by atoms with van der Waals surface area (Å²) < 4.78 is 0. The number of anilines is 1. The van der Waals surface area contributed by atoms with Gasteiger partial charge in [0.25, 0.3) is 0 Å². The second kappa shape index (κ2) is 7.66. The molecule has 0 spiro atoms. The Balaban J connectivity index is 1.46. The highest BCUT2D eigenvalue weighted by Gasteiger charge is 2.10. The molecule has 0 aliphatic heterocycles. The summed E-state index contributed by atoms with van der Waals surface area (Å²) in [7, 11) is 0. The molecule has 5 heteroatoms. The second-order valence-electron chi connectivity index (χ2n) is 6.00. The van der Waals surface area contributed by atoms with Gasteiger partial charge in [0, 0.05) is 29.3 Å². The highest BCUT2D eigenvalue weighted by Crippen LogP contribution is 2.17. The third-order valence-electron chi connectivity index (χ3n) is 4.13. The van der Waals surface area contributed by atoms with Crippen molar-refractivity contribution in [1.82, 2.24) is 10.3 Å². The minimum absolute atomic E-state index is 0.178. The van der Waals surface area contributed by atoms with E-state index in [0.29, 0.717) is 6.54 Å². The molecule has 3 N–H and O–H groups in total. The van der Waals surface area contributed by atoms with E-state index in [2.05, 4.69) is 21.7 Å². The number of rotatable bonds is 6. The van der Waals surface area contributed by atoms with Gasteiger partial charge in [0.2, 0.25) is 11.8 Å². The lowest BCUT2D eigenvalue weighted by atomic mass is 10.1. The molecule has 3 aromatic rings. The van der Waals surface area contributed by atoms with Gasteiger partial charge < -0.3 is 15.6 Å². The Bertz CT molecular complexity index is 899. The maximum absolute atomic E-state index is 12.0. The summed E-state index contributed by atoms with van der Waals surface area (Å²) in [5.41, 5.74) is 3.94. The number of carbonyl (C=O) groups is 2. The molecule has 0 aliphatic carbocycles. The van der Waals surface area contributed by atoms with E-state index in [1.165, 1.54) is 0 Å². The van der Waals surface area contributed by atoms with Crippen molar-refractivity contribution in [3.63, 3.8) is 0 Å². The van der Waals surface area contributed by atoms with Gasteiger partial charge in [-0.05, 0) is 36.6 Å². The number of amides is 2. The lowest BCUT2D eigenvalue weighted by Gasteiger charge is -2.08. The van der Waals surface area contributed by atoms with Gasteiger partial charge >= 0.3 is 0 Å². The summed E-state index contributed by atoms with van der Waals surface area (Å²) >= 11 is 0. The van der Waals surface area contributed by atoms with Gasteiger partial charge in [-0.1, -0.05) is 36.4 Å². The molecule has 2 amide bonds. The maximum Gasteiger partial charge on any atom is 0.233 e. The summed E-state index contributed by atoms with van der Waals surface area (Å²) in [6.45, 7) is 2.41. The molecular weight excluding hydrogens is 314 g/mol. The zero-order chi connectivity index (χ0) is 17.6. The van der Waals surface area contributed by atoms with Crippen molar-refractivity contribution >= 4 is 28.4 Å². The summed E-state index contributed by atoms with van der Waals surface area (Å²) in [5, 5.41) is 6.73. The van der Waals surface area contributed by atoms with Gasteiger partial charge in [-0.25, -0.2) is 0 Å². The molecular formula is C20H21N3O2. The molecule has 5 nitrogen and oxygen atoms in total. The number of carbonyl (C=O) groups excluding carboxylic acids is 2. The van der Waals surface area contributed by atoms with Crippen LogP contribution < -0.4 is 10.6 Å². The first kappa shape index (κ1) is 16.8. The zero-order valence-electron chi connectivity index (χ0n) is 14.1. The largest absolute Gasteiger partial charge is 0.361 e. The Labute approximate surface area is 146 Å². The molecule has 3 rings (SSSR count). The lowest BCUT2D eigenvalue weighted by molar-refractivity contribution is -0.126. The average Bonchev–Trinajstić information content (AvgIpc) is 3.00. The molecule has 0 atom stereocenters. The Kier molecular flexibility index (Phi) is 5.14. The first-order valence-corrected chi connectivity index (χ1v) is 8.30. The monoisotopic (exact) mass is 335 g/mol. The van der Waals surface area contributed by atoms with Crippen LogP contribution in [0.25, 0.3) is 10.9 Å². The van der Waals surface area contributed by atoms with Gasteiger partial charge in [0.05, 0.1) is 0 Å². The minimum atomic E-state index is -0.307. The third kappa shape index (κ3) is 4.26. The second-order valence-corrected chi connectivity index (χ2v) is 6.00. The molecule has 0 radical (unpaired) electrons. The van der Waals surface area contributed by atoms with Crippen molar-refractivity contribution in [2.75, 3.05) is 11.9 Å². The van der Waals surface area contributed by atoms with Crippen LogP contribution >= 0.6 is 0 Å². The van der Waals surface area contributed by atoms with E-state index in [-0.39, 0.29) is 18.2 Å². The lowest BCUT2D eigenvalue weighted by Crippen LogP contribution is -2.29. The number of hydrogen-bond acceptors (Lipinski definition) is 2. The first-order valence-electron chi connectivity index (χ1n) is 8.30. The number of aryl methyl sites for hydroxylation is 1. The average molecular weight is 335 g/mol. The van der Waals surface area contributed by atoms with E-state index in [1.54, 1.807) is 0 Å². The number of benzene rings is 2. The third-order valence-corrected chi connectivity index (χ3v) is 4.13. The fourth-order valence-corrected chi connectivity index (χ4v) is 2.79. The number of H-pyrrole nitrogens is 1. The van der Waals surface area contributed by atoms with Crippen molar-refractivity contribution in [2.45, 2.75) is 19.8 Å². The molecule has 0 unspecified atom stereocenters. The van der Waals surface area contributed by atoms with Crippen molar-refractivity contribution in [3.05, 3.63) is 65.9 Å². The van der Waals surface area contributed by atoms with Crippen molar-refractivity contribution in [1.29, 1.82) is 0 Å². The Morgan fingerprint density at radius 2 is 1.76 bits per heavy atom. The predicted octanol–water partition coefficient (Wildman–Crippen LogP) is 3.16. The Hall–Kier alpha value is -3.08. The zero-order valence-corrected chi connectivity index (χ0v) is 14.1. The van der Waals surface area contributed by atoms with Crippen molar-refractivity contribution in [2.24, 2.45) is 0 Å². The van der Waals surface area contributed by atoms with Crippen LogP contribution in [-0.4, -0.2) is 23.3 Å². The Morgan fingerprint density at radius 1 is 1.00 bits per heavy atom. The highest BCUT2D eigenvalue weighted by molar-refractivity contribution is 6.03. The summed E-state index contributed by atoms with van der Waals surface area (Å²) in [4.78, 5) is 27.1. The molecule has 2 aromatic carbocycles. The molecule has 128 valence electrons. The van der Waals surface area contributed by atoms with Crippen LogP contribution in [0.5, 0.6) is 0 Å². The van der Waals surface area contributed by atoms with Gasteiger partial charge in [-0.2, -0.15) is 0 Å². The number of aromatic amines is 1. The Morgan fingerprint density at radius 3 is 2.60 bits per heavy atom. The summed E-state index contributed by atoms with van der Waals surface area (Å²) in [6, 6.07) is 15.5. The van der Waals surface area contributed by atoms with Crippen LogP contribution in [0.15, 0.2) is 54.7 Å². The normalized spacial score (nSPS) is 10.6. The molecule has 0 fully saturated rings. The molecule has 0 saturated heterocycles. The number of nitrogens with one attached hydrogen (secondary N) is 3. The van der Waals surface area contributed by atoms with Gasteiger partial charge in [-0.3, -0.25) is 9.59 Å². The number of fused-ring (bicyclic) bond motifs is 1. The molecule has 0 aliphatic rings. The van der Waals surface area contributed by atoms with Crippen molar-refractivity contribution in [3.8, 4) is 0 Å². The van der Waals surface area contributed by atoms with Crippen LogP contribution in [0.4, 0.5) is 5.69 Å². The van der Waals surface area contributed by atoms with E-state index >= 15 is 0 Å². The molecule has 25 heavy (non-hydrogen) atoms. The van der Waals surface area contributed by atoms with Gasteiger partial charge in [0.15, 0.2) is 0 Å². The van der Waals surface area contributed by atoms with Crippen LogP contribution in [0.3, 0.4) is 0 Å². The van der Waals surface area contributed by atoms with E-state index in [1.807, 2.05) is 55.6 Å². The number of para-hydroxylation sites is 2. The van der Waals surface area contributed by atoms with Crippen LogP contribution in [0, 0.1) is 6.92 Å². The number of aromatic nitrogens is 1.